The molecule has 168 valence electrons. The zero-order valence-electron chi connectivity index (χ0n) is 18.8. The van der Waals surface area contributed by atoms with Crippen LogP contribution in [-0.4, -0.2) is 76.4 Å². The number of hydrogen-bond donors (Lipinski definition) is 1. The van der Waals surface area contributed by atoms with Crippen molar-refractivity contribution in [3.8, 4) is 0 Å². The number of aromatic amines is 1. The molecule has 0 aromatic carbocycles. The lowest BCUT2D eigenvalue weighted by atomic mass is 9.92. The fourth-order valence-electron chi connectivity index (χ4n) is 4.12. The first-order valence-corrected chi connectivity index (χ1v) is 10.8. The average Bonchev–Trinajstić information content (AvgIpc) is 2.79. The van der Waals surface area contributed by atoms with Gasteiger partial charge < -0.3 is 14.8 Å². The minimum absolute atomic E-state index is 0.130. The van der Waals surface area contributed by atoms with Crippen LogP contribution in [0.4, 0.5) is 5.95 Å². The molecule has 0 saturated carbocycles. The molecule has 1 N–H and O–H groups in total. The Balaban J connectivity index is 1.38. The lowest BCUT2D eigenvalue weighted by Gasteiger charge is -2.33. The predicted octanol–water partition coefficient (Wildman–Crippen LogP) is 1.62. The molecule has 3 aromatic rings. The maximum absolute atomic E-state index is 12.8. The van der Waals surface area contributed by atoms with Gasteiger partial charge in [0, 0.05) is 63.9 Å². The molecule has 0 spiro atoms. The van der Waals surface area contributed by atoms with Gasteiger partial charge >= 0.3 is 0 Å². The molecule has 4 heterocycles. The molecule has 32 heavy (non-hydrogen) atoms. The highest BCUT2D eigenvalue weighted by atomic mass is 16.2. The number of nitrogens with zero attached hydrogens (tertiary/aromatic N) is 6. The average molecular weight is 436 g/mol. The number of likely N-dealkylation sites (tertiary alicyclic amines) is 1. The Labute approximate surface area is 187 Å². The van der Waals surface area contributed by atoms with E-state index >= 15 is 0 Å². The Kier molecular flexibility index (Phi) is 6.45. The summed E-state index contributed by atoms with van der Waals surface area (Å²) in [5, 5.41) is 0.489. The van der Waals surface area contributed by atoms with E-state index in [1.165, 1.54) is 0 Å². The van der Waals surface area contributed by atoms with Gasteiger partial charge in [0.1, 0.15) is 0 Å². The second kappa shape index (κ2) is 9.44. The standard InChI is InChI=1S/C23H29N7O2/c1-28(2)23-25-13-18-20(27-23)11-19(26-22(18)32)17-6-9-30(10-7-17)21(31)15-29(3)14-16-5-4-8-24-12-16/h4-5,8,11-13,17H,6-7,9-10,14-15H2,1-3H3,(H,26,32). The minimum Gasteiger partial charge on any atom is -0.347 e. The summed E-state index contributed by atoms with van der Waals surface area (Å²) in [5.74, 6) is 0.900. The van der Waals surface area contributed by atoms with Crippen molar-refractivity contribution in [2.45, 2.75) is 25.3 Å². The van der Waals surface area contributed by atoms with Crippen LogP contribution in [0.15, 0.2) is 41.6 Å². The quantitative estimate of drug-likeness (QED) is 0.628. The molecule has 0 atom stereocenters. The Bertz CT molecular complexity index is 1140. The number of H-pyrrole nitrogens is 1. The van der Waals surface area contributed by atoms with Gasteiger partial charge in [0.05, 0.1) is 17.4 Å². The van der Waals surface area contributed by atoms with Gasteiger partial charge in [-0.05, 0) is 37.6 Å². The van der Waals surface area contributed by atoms with Gasteiger partial charge in [-0.3, -0.25) is 19.5 Å². The van der Waals surface area contributed by atoms with Gasteiger partial charge in [0.2, 0.25) is 11.9 Å². The van der Waals surface area contributed by atoms with Crippen molar-refractivity contribution in [1.82, 2.24) is 29.7 Å². The van der Waals surface area contributed by atoms with Gasteiger partial charge in [0.25, 0.3) is 5.56 Å². The van der Waals surface area contributed by atoms with Gasteiger partial charge in [-0.1, -0.05) is 6.07 Å². The molecular weight excluding hydrogens is 406 g/mol. The van der Waals surface area contributed by atoms with E-state index in [1.807, 2.05) is 60.2 Å². The van der Waals surface area contributed by atoms with Crippen LogP contribution in [0.1, 0.15) is 30.0 Å². The molecule has 0 bridgehead atoms. The summed E-state index contributed by atoms with van der Waals surface area (Å²) in [6.07, 6.45) is 6.76. The van der Waals surface area contributed by atoms with Crippen LogP contribution in [-0.2, 0) is 11.3 Å². The van der Waals surface area contributed by atoms with Crippen molar-refractivity contribution >= 4 is 22.8 Å². The van der Waals surface area contributed by atoms with E-state index < -0.39 is 0 Å². The minimum atomic E-state index is -0.168. The smallest absolute Gasteiger partial charge is 0.259 e. The normalized spacial score (nSPS) is 14.8. The highest BCUT2D eigenvalue weighted by Crippen LogP contribution is 2.27. The summed E-state index contributed by atoms with van der Waals surface area (Å²) in [4.78, 5) is 46.9. The van der Waals surface area contributed by atoms with Crippen LogP contribution in [0, 0.1) is 0 Å². The number of carbonyl (C=O) groups is 1. The lowest BCUT2D eigenvalue weighted by Crippen LogP contribution is -2.43. The number of nitrogens with one attached hydrogen (secondary N) is 1. The van der Waals surface area contributed by atoms with Crippen LogP contribution in [0.5, 0.6) is 0 Å². The van der Waals surface area contributed by atoms with E-state index in [0.717, 1.165) is 24.1 Å². The number of fused-ring (bicyclic) bond motifs is 1. The third-order valence-corrected chi connectivity index (χ3v) is 5.87. The van der Waals surface area contributed by atoms with Crippen molar-refractivity contribution in [3.63, 3.8) is 0 Å². The molecule has 1 saturated heterocycles. The number of amides is 1. The third kappa shape index (κ3) is 4.94. The highest BCUT2D eigenvalue weighted by molar-refractivity contribution is 5.79. The van der Waals surface area contributed by atoms with Gasteiger partial charge in [-0.2, -0.15) is 0 Å². The number of anilines is 1. The Morgan fingerprint density at radius 2 is 2.00 bits per heavy atom. The molecule has 1 aliphatic rings. The van der Waals surface area contributed by atoms with Crippen molar-refractivity contribution < 1.29 is 4.79 Å². The van der Waals surface area contributed by atoms with Crippen molar-refractivity contribution in [2.75, 3.05) is 45.7 Å². The number of carbonyl (C=O) groups excluding carboxylic acids is 1. The van der Waals surface area contributed by atoms with Crippen molar-refractivity contribution in [1.29, 1.82) is 0 Å². The molecule has 3 aromatic heterocycles. The molecule has 1 amide bonds. The van der Waals surface area contributed by atoms with Crippen molar-refractivity contribution in [3.05, 3.63) is 58.4 Å². The third-order valence-electron chi connectivity index (χ3n) is 5.87. The molecular formula is C23H29N7O2. The predicted molar refractivity (Wildman–Crippen MR) is 124 cm³/mol. The van der Waals surface area contributed by atoms with Crippen LogP contribution < -0.4 is 10.5 Å². The van der Waals surface area contributed by atoms with Gasteiger partial charge in [-0.25, -0.2) is 9.97 Å². The van der Waals surface area contributed by atoms with E-state index in [-0.39, 0.29) is 17.4 Å². The van der Waals surface area contributed by atoms with E-state index in [1.54, 1.807) is 12.4 Å². The summed E-state index contributed by atoms with van der Waals surface area (Å²) < 4.78 is 0. The summed E-state index contributed by atoms with van der Waals surface area (Å²) in [5.41, 5.74) is 2.45. The number of pyridine rings is 2. The molecule has 1 fully saturated rings. The van der Waals surface area contributed by atoms with E-state index in [2.05, 4.69) is 19.9 Å². The molecule has 0 aliphatic carbocycles. The van der Waals surface area contributed by atoms with E-state index in [9.17, 15) is 9.59 Å². The Hall–Kier alpha value is -3.33. The monoisotopic (exact) mass is 435 g/mol. The second-order valence-electron chi connectivity index (χ2n) is 8.61. The topological polar surface area (TPSA) is 98.3 Å². The van der Waals surface area contributed by atoms with Gasteiger partial charge in [0.15, 0.2) is 0 Å². The van der Waals surface area contributed by atoms with Crippen LogP contribution in [0.25, 0.3) is 10.9 Å². The largest absolute Gasteiger partial charge is 0.347 e. The molecule has 9 heteroatoms. The zero-order valence-corrected chi connectivity index (χ0v) is 18.8. The summed E-state index contributed by atoms with van der Waals surface area (Å²) in [6, 6.07) is 5.87. The van der Waals surface area contributed by atoms with E-state index in [0.29, 0.717) is 43.0 Å². The van der Waals surface area contributed by atoms with Crippen LogP contribution >= 0.6 is 0 Å². The summed E-state index contributed by atoms with van der Waals surface area (Å²) in [7, 11) is 5.69. The number of likely N-dealkylation sites (N-methyl/N-ethyl adjacent to an activating group) is 1. The summed E-state index contributed by atoms with van der Waals surface area (Å²) >= 11 is 0. The maximum Gasteiger partial charge on any atom is 0.259 e. The molecule has 0 radical (unpaired) electrons. The number of rotatable bonds is 6. The Morgan fingerprint density at radius 3 is 2.69 bits per heavy atom. The first-order valence-electron chi connectivity index (χ1n) is 10.8. The van der Waals surface area contributed by atoms with Gasteiger partial charge in [-0.15, -0.1) is 0 Å². The first kappa shape index (κ1) is 21.9. The van der Waals surface area contributed by atoms with E-state index in [4.69, 9.17) is 0 Å². The van der Waals surface area contributed by atoms with Crippen LogP contribution in [0.3, 0.4) is 0 Å². The second-order valence-corrected chi connectivity index (χ2v) is 8.61. The summed E-state index contributed by atoms with van der Waals surface area (Å²) in [6.45, 7) is 2.41. The number of piperidine rings is 1. The fraction of sp³-hybridized carbons (Fsp3) is 0.435. The molecule has 4 rings (SSSR count). The Morgan fingerprint density at radius 1 is 1.22 bits per heavy atom. The number of aromatic nitrogens is 4. The maximum atomic E-state index is 12.8. The highest BCUT2D eigenvalue weighted by Gasteiger charge is 2.25. The fourth-order valence-corrected chi connectivity index (χ4v) is 4.12. The SMILES string of the molecule is CN(CC(=O)N1CCC(c2cc3nc(N(C)C)ncc3c(=O)[nH]2)CC1)Cc1cccnc1. The molecule has 0 unspecified atom stereocenters. The van der Waals surface area contributed by atoms with Crippen LogP contribution in [0.2, 0.25) is 0 Å². The zero-order chi connectivity index (χ0) is 22.7. The van der Waals surface area contributed by atoms with Crippen molar-refractivity contribution in [2.24, 2.45) is 0 Å². The first-order chi connectivity index (χ1) is 15.4. The lowest BCUT2D eigenvalue weighted by molar-refractivity contribution is -0.133. The number of hydrogen-bond acceptors (Lipinski definition) is 7. The molecule has 1 aliphatic heterocycles. The molecule has 9 nitrogen and oxygen atoms in total.